The molecule has 0 aliphatic carbocycles. The Kier molecular flexibility index (Phi) is 3.25. The average Bonchev–Trinajstić information content (AvgIpc) is 2.93. The summed E-state index contributed by atoms with van der Waals surface area (Å²) in [6.45, 7) is 9.09. The molecule has 1 aliphatic heterocycles. The summed E-state index contributed by atoms with van der Waals surface area (Å²) in [4.78, 5) is 8.87. The zero-order valence-corrected chi connectivity index (χ0v) is 14.4. The van der Waals surface area contributed by atoms with Crippen LogP contribution in [0.2, 0.25) is 0 Å². The monoisotopic (exact) mass is 325 g/mol. The van der Waals surface area contributed by atoms with Crippen molar-refractivity contribution in [3.05, 3.63) is 47.0 Å². The number of pyridine rings is 1. The molecule has 1 aromatic carbocycles. The van der Waals surface area contributed by atoms with E-state index in [-0.39, 0.29) is 11.4 Å². The van der Waals surface area contributed by atoms with E-state index < -0.39 is 0 Å². The SMILES string of the molecule is Cc1cc(-c2nc3cnccc3n2C2(C)COC2)c(F)c(C)c1C. The highest BCUT2D eigenvalue weighted by atomic mass is 19.1. The van der Waals surface area contributed by atoms with Crippen LogP contribution in [0.5, 0.6) is 0 Å². The Morgan fingerprint density at radius 1 is 1.21 bits per heavy atom. The van der Waals surface area contributed by atoms with Crippen molar-refractivity contribution in [1.29, 1.82) is 0 Å². The number of halogens is 1. The van der Waals surface area contributed by atoms with Crippen molar-refractivity contribution < 1.29 is 9.13 Å². The molecule has 2 aromatic heterocycles. The van der Waals surface area contributed by atoms with Crippen LogP contribution in [0, 0.1) is 26.6 Å². The lowest BCUT2D eigenvalue weighted by Gasteiger charge is -2.40. The number of nitrogens with zero attached hydrogens (tertiary/aromatic N) is 3. The van der Waals surface area contributed by atoms with E-state index >= 15 is 4.39 Å². The lowest BCUT2D eigenvalue weighted by Crippen LogP contribution is -2.49. The van der Waals surface area contributed by atoms with Gasteiger partial charge in [0, 0.05) is 6.20 Å². The molecule has 0 radical (unpaired) electrons. The molecule has 3 heterocycles. The third-order valence-electron chi connectivity index (χ3n) is 5.14. The smallest absolute Gasteiger partial charge is 0.144 e. The standard InChI is InChI=1S/C19H20FN3O/c1-11-7-14(17(20)13(3)12(11)2)18-22-15-8-21-6-5-16(15)23(18)19(4)9-24-10-19/h5-8H,9-10H2,1-4H3. The number of rotatable bonds is 2. The first kappa shape index (κ1) is 15.3. The van der Waals surface area contributed by atoms with Gasteiger partial charge in [0.1, 0.15) is 17.2 Å². The molecule has 24 heavy (non-hydrogen) atoms. The Morgan fingerprint density at radius 3 is 2.62 bits per heavy atom. The lowest BCUT2D eigenvalue weighted by atomic mass is 9.96. The van der Waals surface area contributed by atoms with Crippen molar-refractivity contribution in [2.75, 3.05) is 13.2 Å². The molecular formula is C19H20FN3O. The third-order valence-corrected chi connectivity index (χ3v) is 5.14. The van der Waals surface area contributed by atoms with Crippen LogP contribution in [-0.2, 0) is 10.3 Å². The van der Waals surface area contributed by atoms with Gasteiger partial charge in [0.25, 0.3) is 0 Å². The second-order valence-electron chi connectivity index (χ2n) is 6.93. The topological polar surface area (TPSA) is 39.9 Å². The van der Waals surface area contributed by atoms with Gasteiger partial charge in [0.05, 0.1) is 36.0 Å². The minimum atomic E-state index is -0.218. The zero-order chi connectivity index (χ0) is 17.1. The summed E-state index contributed by atoms with van der Waals surface area (Å²) >= 11 is 0. The van der Waals surface area contributed by atoms with E-state index in [9.17, 15) is 0 Å². The molecule has 0 unspecified atom stereocenters. The van der Waals surface area contributed by atoms with Gasteiger partial charge in [-0.05, 0) is 56.5 Å². The number of benzene rings is 1. The first-order valence-corrected chi connectivity index (χ1v) is 8.10. The van der Waals surface area contributed by atoms with E-state index in [2.05, 4.69) is 16.5 Å². The zero-order valence-electron chi connectivity index (χ0n) is 14.4. The highest BCUT2D eigenvalue weighted by Crippen LogP contribution is 2.37. The lowest BCUT2D eigenvalue weighted by molar-refractivity contribution is -0.0868. The highest BCUT2D eigenvalue weighted by Gasteiger charge is 2.39. The number of hydrogen-bond acceptors (Lipinski definition) is 3. The van der Waals surface area contributed by atoms with Gasteiger partial charge >= 0.3 is 0 Å². The maximum Gasteiger partial charge on any atom is 0.144 e. The molecule has 0 bridgehead atoms. The molecule has 124 valence electrons. The minimum absolute atomic E-state index is 0.202. The molecule has 4 nitrogen and oxygen atoms in total. The number of imidazole rings is 1. The largest absolute Gasteiger partial charge is 0.376 e. The summed E-state index contributed by atoms with van der Waals surface area (Å²) in [6, 6.07) is 3.83. The van der Waals surface area contributed by atoms with E-state index in [0.717, 1.165) is 22.2 Å². The summed E-state index contributed by atoms with van der Waals surface area (Å²) in [5, 5.41) is 0. The van der Waals surface area contributed by atoms with Gasteiger partial charge in [-0.3, -0.25) is 4.98 Å². The van der Waals surface area contributed by atoms with Crippen LogP contribution in [0.3, 0.4) is 0 Å². The molecule has 1 aliphatic rings. The van der Waals surface area contributed by atoms with Crippen molar-refractivity contribution >= 4 is 11.0 Å². The molecule has 0 saturated carbocycles. The number of ether oxygens (including phenoxy) is 1. The summed E-state index contributed by atoms with van der Waals surface area (Å²) < 4.78 is 22.6. The van der Waals surface area contributed by atoms with Crippen molar-refractivity contribution in [3.63, 3.8) is 0 Å². The summed E-state index contributed by atoms with van der Waals surface area (Å²) in [5.41, 5.74) is 4.79. The predicted molar refractivity (Wildman–Crippen MR) is 91.6 cm³/mol. The van der Waals surface area contributed by atoms with Gasteiger partial charge in [-0.25, -0.2) is 9.37 Å². The molecule has 1 saturated heterocycles. The second kappa shape index (κ2) is 5.11. The molecule has 3 aromatic rings. The fourth-order valence-electron chi connectivity index (χ4n) is 3.40. The van der Waals surface area contributed by atoms with E-state index in [1.807, 2.05) is 32.9 Å². The Hall–Kier alpha value is -2.27. The van der Waals surface area contributed by atoms with Crippen LogP contribution in [0.1, 0.15) is 23.6 Å². The van der Waals surface area contributed by atoms with Crippen LogP contribution in [0.25, 0.3) is 22.4 Å². The number of aryl methyl sites for hydroxylation is 1. The molecular weight excluding hydrogens is 305 g/mol. The minimum Gasteiger partial charge on any atom is -0.376 e. The van der Waals surface area contributed by atoms with Crippen molar-refractivity contribution in [2.24, 2.45) is 0 Å². The van der Waals surface area contributed by atoms with Crippen molar-refractivity contribution in [1.82, 2.24) is 14.5 Å². The maximum absolute atomic E-state index is 15.0. The average molecular weight is 325 g/mol. The van der Waals surface area contributed by atoms with Crippen LogP contribution < -0.4 is 0 Å². The van der Waals surface area contributed by atoms with Crippen molar-refractivity contribution in [3.8, 4) is 11.4 Å². The normalized spacial score (nSPS) is 16.4. The van der Waals surface area contributed by atoms with E-state index in [4.69, 9.17) is 9.72 Å². The molecule has 0 spiro atoms. The quantitative estimate of drug-likeness (QED) is 0.717. The molecule has 0 amide bonds. The van der Waals surface area contributed by atoms with E-state index in [1.165, 1.54) is 0 Å². The Labute approximate surface area is 140 Å². The van der Waals surface area contributed by atoms with Gasteiger partial charge in [0.15, 0.2) is 0 Å². The predicted octanol–water partition coefficient (Wildman–Crippen LogP) is 3.91. The summed E-state index contributed by atoms with van der Waals surface area (Å²) in [7, 11) is 0. The fraction of sp³-hybridized carbons (Fsp3) is 0.368. The van der Waals surface area contributed by atoms with Gasteiger partial charge in [-0.15, -0.1) is 0 Å². The summed E-state index contributed by atoms with van der Waals surface area (Å²) in [5.74, 6) is 0.443. The Balaban J connectivity index is 2.06. The Bertz CT molecular complexity index is 957. The number of fused-ring (bicyclic) bond motifs is 1. The van der Waals surface area contributed by atoms with E-state index in [0.29, 0.717) is 30.2 Å². The molecule has 0 atom stereocenters. The summed E-state index contributed by atoms with van der Waals surface area (Å²) in [6.07, 6.45) is 3.47. The van der Waals surface area contributed by atoms with Crippen LogP contribution in [-0.4, -0.2) is 27.7 Å². The molecule has 4 rings (SSSR count). The fourth-order valence-corrected chi connectivity index (χ4v) is 3.40. The second-order valence-corrected chi connectivity index (χ2v) is 6.93. The maximum atomic E-state index is 15.0. The van der Waals surface area contributed by atoms with Crippen LogP contribution >= 0.6 is 0 Å². The highest BCUT2D eigenvalue weighted by molar-refractivity contribution is 5.81. The van der Waals surface area contributed by atoms with Gasteiger partial charge in [-0.1, -0.05) is 0 Å². The Morgan fingerprint density at radius 2 is 1.96 bits per heavy atom. The molecule has 0 N–H and O–H groups in total. The third kappa shape index (κ3) is 2.01. The first-order chi connectivity index (χ1) is 11.4. The van der Waals surface area contributed by atoms with Crippen LogP contribution in [0.4, 0.5) is 4.39 Å². The van der Waals surface area contributed by atoms with Crippen LogP contribution in [0.15, 0.2) is 24.5 Å². The van der Waals surface area contributed by atoms with E-state index in [1.54, 1.807) is 12.4 Å². The molecule has 1 fully saturated rings. The molecule has 5 heteroatoms. The van der Waals surface area contributed by atoms with Crippen molar-refractivity contribution in [2.45, 2.75) is 33.2 Å². The van der Waals surface area contributed by atoms with Gasteiger partial charge in [0.2, 0.25) is 0 Å². The number of hydrogen-bond donors (Lipinski definition) is 0. The van der Waals surface area contributed by atoms with Gasteiger partial charge < -0.3 is 9.30 Å². The van der Waals surface area contributed by atoms with Gasteiger partial charge in [-0.2, -0.15) is 0 Å². The first-order valence-electron chi connectivity index (χ1n) is 8.10. The number of aromatic nitrogens is 3.